The van der Waals surface area contributed by atoms with Gasteiger partial charge in [0.15, 0.2) is 0 Å². The Morgan fingerprint density at radius 2 is 2.47 bits per heavy atom. The van der Waals surface area contributed by atoms with Crippen molar-refractivity contribution in [2.24, 2.45) is 5.73 Å². The molecule has 0 aliphatic heterocycles. The minimum Gasteiger partial charge on any atom is -0.333 e. The Hall–Kier alpha value is -1.45. The van der Waals surface area contributed by atoms with Crippen LogP contribution in [0.2, 0.25) is 0 Å². The third-order valence-electron chi connectivity index (χ3n) is 2.66. The summed E-state index contributed by atoms with van der Waals surface area (Å²) in [6.45, 7) is 0.856. The monoisotopic (exact) mass is 250 g/mol. The van der Waals surface area contributed by atoms with E-state index in [0.29, 0.717) is 31.2 Å². The van der Waals surface area contributed by atoms with Crippen LogP contribution in [-0.2, 0) is 6.54 Å². The number of aromatic nitrogens is 1. The number of carbonyl (C=O) groups excluding carboxylic acids is 1. The fourth-order valence-electron chi connectivity index (χ4n) is 1.66. The maximum absolute atomic E-state index is 12.2. The van der Waals surface area contributed by atoms with Gasteiger partial charge in [-0.15, -0.1) is 11.3 Å². The van der Waals surface area contributed by atoms with Gasteiger partial charge < -0.3 is 10.6 Å². The molecule has 1 amide bonds. The molecule has 1 heterocycles. The minimum atomic E-state index is -0.0706. The molecule has 1 saturated carbocycles. The smallest absolute Gasteiger partial charge is 0.273 e. The maximum Gasteiger partial charge on any atom is 0.273 e. The molecule has 2 rings (SSSR count). The van der Waals surface area contributed by atoms with E-state index in [1.165, 1.54) is 11.3 Å². The average molecular weight is 250 g/mol. The number of hydrogen-bond acceptors (Lipinski definition) is 5. The van der Waals surface area contributed by atoms with Crippen molar-refractivity contribution < 1.29 is 4.79 Å². The summed E-state index contributed by atoms with van der Waals surface area (Å²) >= 11 is 1.40. The summed E-state index contributed by atoms with van der Waals surface area (Å²) in [7, 11) is 0. The van der Waals surface area contributed by atoms with Crippen molar-refractivity contribution in [3.8, 4) is 6.07 Å². The van der Waals surface area contributed by atoms with Crippen LogP contribution < -0.4 is 5.73 Å². The van der Waals surface area contributed by atoms with Crippen molar-refractivity contribution in [3.63, 3.8) is 0 Å². The van der Waals surface area contributed by atoms with E-state index in [2.05, 4.69) is 11.1 Å². The largest absolute Gasteiger partial charge is 0.333 e. The van der Waals surface area contributed by atoms with E-state index < -0.39 is 0 Å². The Morgan fingerprint density at radius 1 is 1.71 bits per heavy atom. The maximum atomic E-state index is 12.2. The normalized spacial score (nSPS) is 14.4. The molecular formula is C11H14N4OS. The first-order chi connectivity index (χ1) is 8.26. The third-order valence-corrected chi connectivity index (χ3v) is 3.53. The van der Waals surface area contributed by atoms with Crippen LogP contribution in [0.15, 0.2) is 5.38 Å². The van der Waals surface area contributed by atoms with Crippen LogP contribution in [0.25, 0.3) is 0 Å². The number of hydrogen-bond donors (Lipinski definition) is 1. The van der Waals surface area contributed by atoms with Gasteiger partial charge >= 0.3 is 0 Å². The zero-order valence-electron chi connectivity index (χ0n) is 9.43. The van der Waals surface area contributed by atoms with Crippen molar-refractivity contribution in [3.05, 3.63) is 16.1 Å². The van der Waals surface area contributed by atoms with Crippen molar-refractivity contribution >= 4 is 17.2 Å². The molecule has 6 heteroatoms. The molecule has 5 nitrogen and oxygen atoms in total. The molecule has 1 aromatic rings. The van der Waals surface area contributed by atoms with Crippen LogP contribution >= 0.6 is 11.3 Å². The molecule has 0 radical (unpaired) electrons. The first-order valence-electron chi connectivity index (χ1n) is 5.58. The highest BCUT2D eigenvalue weighted by molar-refractivity contribution is 7.09. The Morgan fingerprint density at radius 3 is 3.00 bits per heavy atom. The van der Waals surface area contributed by atoms with Gasteiger partial charge in [0.05, 0.1) is 12.5 Å². The van der Waals surface area contributed by atoms with Crippen LogP contribution in [0.4, 0.5) is 0 Å². The highest BCUT2D eigenvalue weighted by Crippen LogP contribution is 2.28. The van der Waals surface area contributed by atoms with Crippen LogP contribution in [0.5, 0.6) is 0 Å². The van der Waals surface area contributed by atoms with E-state index in [1.807, 2.05) is 0 Å². The van der Waals surface area contributed by atoms with Gasteiger partial charge in [0.1, 0.15) is 10.7 Å². The van der Waals surface area contributed by atoms with Crippen LogP contribution in [0.3, 0.4) is 0 Å². The van der Waals surface area contributed by atoms with E-state index in [9.17, 15) is 4.79 Å². The Balaban J connectivity index is 2.07. The number of nitriles is 1. The van der Waals surface area contributed by atoms with Crippen LogP contribution in [0, 0.1) is 11.3 Å². The topological polar surface area (TPSA) is 83.0 Å². The van der Waals surface area contributed by atoms with Gasteiger partial charge in [0.25, 0.3) is 5.91 Å². The van der Waals surface area contributed by atoms with Gasteiger partial charge in [0, 0.05) is 24.5 Å². The standard InChI is InChI=1S/C11H14N4OS/c12-4-1-5-15(8-2-3-8)11(16)9-7-17-10(6-13)14-9/h7-8H,1-3,5-6,13H2. The molecule has 1 fully saturated rings. The predicted molar refractivity (Wildman–Crippen MR) is 64.3 cm³/mol. The predicted octanol–water partition coefficient (Wildman–Crippen LogP) is 1.12. The van der Waals surface area contributed by atoms with Crippen molar-refractivity contribution in [2.75, 3.05) is 6.54 Å². The molecule has 0 unspecified atom stereocenters. The molecule has 0 aromatic carbocycles. The average Bonchev–Trinajstić information content (AvgIpc) is 3.06. The number of thiazole rings is 1. The Bertz CT molecular complexity index is 447. The zero-order chi connectivity index (χ0) is 12.3. The summed E-state index contributed by atoms with van der Waals surface area (Å²) < 4.78 is 0. The molecule has 0 bridgehead atoms. The fraction of sp³-hybridized carbons (Fsp3) is 0.545. The molecule has 1 aliphatic carbocycles. The Kier molecular flexibility index (Phi) is 3.71. The second-order valence-corrected chi connectivity index (χ2v) is 4.91. The SMILES string of the molecule is N#CCCN(C(=O)c1csc(CN)n1)C1CC1. The highest BCUT2D eigenvalue weighted by Gasteiger charge is 2.33. The molecular weight excluding hydrogens is 236 g/mol. The molecule has 0 saturated heterocycles. The molecule has 2 N–H and O–H groups in total. The van der Waals surface area contributed by atoms with Crippen molar-refractivity contribution in [1.82, 2.24) is 9.88 Å². The lowest BCUT2D eigenvalue weighted by Crippen LogP contribution is -2.34. The first-order valence-corrected chi connectivity index (χ1v) is 6.46. The Labute approximate surface area is 104 Å². The summed E-state index contributed by atoms with van der Waals surface area (Å²) in [5.41, 5.74) is 5.93. The summed E-state index contributed by atoms with van der Waals surface area (Å²) in [5.74, 6) is -0.0706. The van der Waals surface area contributed by atoms with E-state index >= 15 is 0 Å². The fourth-order valence-corrected chi connectivity index (χ4v) is 2.31. The van der Waals surface area contributed by atoms with Gasteiger partial charge in [0.2, 0.25) is 0 Å². The molecule has 1 aromatic heterocycles. The lowest BCUT2D eigenvalue weighted by molar-refractivity contribution is 0.0741. The van der Waals surface area contributed by atoms with E-state index in [0.717, 1.165) is 17.8 Å². The van der Waals surface area contributed by atoms with Crippen molar-refractivity contribution in [1.29, 1.82) is 5.26 Å². The molecule has 0 spiro atoms. The summed E-state index contributed by atoms with van der Waals surface area (Å²) in [4.78, 5) is 18.1. The summed E-state index contributed by atoms with van der Waals surface area (Å²) in [6.07, 6.45) is 2.44. The summed E-state index contributed by atoms with van der Waals surface area (Å²) in [5, 5.41) is 11.1. The zero-order valence-corrected chi connectivity index (χ0v) is 10.2. The van der Waals surface area contributed by atoms with Crippen molar-refractivity contribution in [2.45, 2.75) is 31.8 Å². The molecule has 90 valence electrons. The van der Waals surface area contributed by atoms with E-state index in [-0.39, 0.29) is 5.91 Å². The number of amides is 1. The van der Waals surface area contributed by atoms with Gasteiger partial charge in [-0.2, -0.15) is 5.26 Å². The molecule has 17 heavy (non-hydrogen) atoms. The number of carbonyl (C=O) groups is 1. The molecule has 0 atom stereocenters. The quantitative estimate of drug-likeness (QED) is 0.848. The van der Waals surface area contributed by atoms with Gasteiger partial charge in [-0.25, -0.2) is 4.98 Å². The first kappa shape index (κ1) is 12.0. The lowest BCUT2D eigenvalue weighted by Gasteiger charge is -2.19. The van der Waals surface area contributed by atoms with Crippen LogP contribution in [-0.4, -0.2) is 28.4 Å². The lowest BCUT2D eigenvalue weighted by atomic mass is 10.3. The van der Waals surface area contributed by atoms with Gasteiger partial charge in [-0.1, -0.05) is 0 Å². The highest BCUT2D eigenvalue weighted by atomic mass is 32.1. The van der Waals surface area contributed by atoms with E-state index in [4.69, 9.17) is 11.0 Å². The third kappa shape index (κ3) is 2.81. The molecule has 1 aliphatic rings. The van der Waals surface area contributed by atoms with E-state index in [1.54, 1.807) is 10.3 Å². The van der Waals surface area contributed by atoms with Gasteiger partial charge in [-0.3, -0.25) is 4.79 Å². The second-order valence-electron chi connectivity index (χ2n) is 3.97. The van der Waals surface area contributed by atoms with Crippen LogP contribution in [0.1, 0.15) is 34.8 Å². The minimum absolute atomic E-state index is 0.0706. The number of rotatable bonds is 5. The number of nitrogens with two attached hydrogens (primary N) is 1. The second kappa shape index (κ2) is 5.25. The summed E-state index contributed by atoms with van der Waals surface area (Å²) in [6, 6.07) is 2.38. The van der Waals surface area contributed by atoms with Gasteiger partial charge in [-0.05, 0) is 12.8 Å². The number of nitrogens with zero attached hydrogens (tertiary/aromatic N) is 3.